The quantitative estimate of drug-likeness (QED) is 0.781. The molecule has 18 heavy (non-hydrogen) atoms. The Morgan fingerprint density at radius 3 is 2.56 bits per heavy atom. The average Bonchev–Trinajstić information content (AvgIpc) is 2.42. The SMILES string of the molecule is CCC(C(=O)CC1CCCCC1)c1ccncc1. The molecule has 0 aliphatic heterocycles. The zero-order valence-corrected chi connectivity index (χ0v) is 11.3. The Balaban J connectivity index is 1.97. The Hall–Kier alpha value is -1.18. The number of hydrogen-bond acceptors (Lipinski definition) is 2. The van der Waals surface area contributed by atoms with E-state index in [2.05, 4.69) is 11.9 Å². The molecule has 2 nitrogen and oxygen atoms in total. The van der Waals surface area contributed by atoms with Crippen LogP contribution in [0.15, 0.2) is 24.5 Å². The van der Waals surface area contributed by atoms with Crippen LogP contribution in [0.25, 0.3) is 0 Å². The highest BCUT2D eigenvalue weighted by Crippen LogP contribution is 2.30. The van der Waals surface area contributed by atoms with Gasteiger partial charge < -0.3 is 0 Å². The average molecular weight is 245 g/mol. The molecule has 1 atom stereocenters. The van der Waals surface area contributed by atoms with Crippen LogP contribution in [-0.2, 0) is 4.79 Å². The molecule has 1 aliphatic rings. The molecular weight excluding hydrogens is 222 g/mol. The number of hydrogen-bond donors (Lipinski definition) is 0. The van der Waals surface area contributed by atoms with Gasteiger partial charge in [-0.05, 0) is 30.0 Å². The third-order valence-electron chi connectivity index (χ3n) is 4.12. The Morgan fingerprint density at radius 1 is 1.28 bits per heavy atom. The van der Waals surface area contributed by atoms with Gasteiger partial charge in [0.2, 0.25) is 0 Å². The van der Waals surface area contributed by atoms with Gasteiger partial charge in [0.05, 0.1) is 0 Å². The van der Waals surface area contributed by atoms with Crippen molar-refractivity contribution in [3.63, 3.8) is 0 Å². The van der Waals surface area contributed by atoms with Gasteiger partial charge in [-0.1, -0.05) is 39.0 Å². The van der Waals surface area contributed by atoms with E-state index in [0.717, 1.165) is 18.4 Å². The Morgan fingerprint density at radius 2 is 1.94 bits per heavy atom. The zero-order valence-electron chi connectivity index (χ0n) is 11.3. The summed E-state index contributed by atoms with van der Waals surface area (Å²) in [7, 11) is 0. The van der Waals surface area contributed by atoms with Gasteiger partial charge in [-0.3, -0.25) is 9.78 Å². The van der Waals surface area contributed by atoms with Crippen LogP contribution < -0.4 is 0 Å². The highest BCUT2D eigenvalue weighted by Gasteiger charge is 2.23. The van der Waals surface area contributed by atoms with Crippen molar-refractivity contribution in [2.24, 2.45) is 5.92 Å². The minimum absolute atomic E-state index is 0.0786. The lowest BCUT2D eigenvalue weighted by atomic mass is 9.81. The second-order valence-corrected chi connectivity index (χ2v) is 5.42. The Kier molecular flexibility index (Phi) is 4.91. The Labute approximate surface area is 110 Å². The van der Waals surface area contributed by atoms with E-state index in [-0.39, 0.29) is 5.92 Å². The van der Waals surface area contributed by atoms with Crippen LogP contribution in [0.5, 0.6) is 0 Å². The molecule has 98 valence electrons. The molecule has 0 saturated heterocycles. The molecule has 0 radical (unpaired) electrons. The van der Waals surface area contributed by atoms with Crippen LogP contribution >= 0.6 is 0 Å². The second-order valence-electron chi connectivity index (χ2n) is 5.42. The van der Waals surface area contributed by atoms with E-state index in [9.17, 15) is 4.79 Å². The lowest BCUT2D eigenvalue weighted by Gasteiger charge is -2.23. The van der Waals surface area contributed by atoms with E-state index in [1.807, 2.05) is 12.1 Å². The maximum Gasteiger partial charge on any atom is 0.140 e. The van der Waals surface area contributed by atoms with E-state index < -0.39 is 0 Å². The minimum Gasteiger partial charge on any atom is -0.299 e. The van der Waals surface area contributed by atoms with Gasteiger partial charge in [0.1, 0.15) is 5.78 Å². The maximum absolute atomic E-state index is 12.4. The highest BCUT2D eigenvalue weighted by molar-refractivity contribution is 5.85. The van der Waals surface area contributed by atoms with Crippen molar-refractivity contribution in [3.8, 4) is 0 Å². The van der Waals surface area contributed by atoms with Crippen molar-refractivity contribution in [2.45, 2.75) is 57.8 Å². The van der Waals surface area contributed by atoms with E-state index in [1.54, 1.807) is 12.4 Å². The standard InChI is InChI=1S/C16H23NO/c1-2-15(14-8-10-17-11-9-14)16(18)12-13-6-4-3-5-7-13/h8-11,13,15H,2-7,12H2,1H3. The minimum atomic E-state index is 0.0786. The number of pyridine rings is 1. The van der Waals surface area contributed by atoms with Crippen LogP contribution in [0.3, 0.4) is 0 Å². The third-order valence-corrected chi connectivity index (χ3v) is 4.12. The predicted molar refractivity (Wildman–Crippen MR) is 73.5 cm³/mol. The number of aromatic nitrogens is 1. The summed E-state index contributed by atoms with van der Waals surface area (Å²) in [6.07, 6.45) is 11.7. The largest absolute Gasteiger partial charge is 0.299 e. The summed E-state index contributed by atoms with van der Waals surface area (Å²) in [6.45, 7) is 2.10. The number of Topliss-reactive ketones (excluding diaryl/α,β-unsaturated/α-hetero) is 1. The first-order chi connectivity index (χ1) is 8.81. The van der Waals surface area contributed by atoms with Gasteiger partial charge in [0.15, 0.2) is 0 Å². The van der Waals surface area contributed by atoms with Crippen LogP contribution in [0, 0.1) is 5.92 Å². The fourth-order valence-electron chi connectivity index (χ4n) is 3.06. The molecule has 2 heteroatoms. The van der Waals surface area contributed by atoms with Gasteiger partial charge in [-0.2, -0.15) is 0 Å². The summed E-state index contributed by atoms with van der Waals surface area (Å²) in [5.41, 5.74) is 1.13. The molecule has 1 unspecified atom stereocenters. The molecule has 0 N–H and O–H groups in total. The van der Waals surface area contributed by atoms with Crippen molar-refractivity contribution in [2.75, 3.05) is 0 Å². The predicted octanol–water partition coefficient (Wildman–Crippen LogP) is 4.11. The molecule has 0 spiro atoms. The fraction of sp³-hybridized carbons (Fsp3) is 0.625. The molecule has 0 amide bonds. The third kappa shape index (κ3) is 3.41. The van der Waals surface area contributed by atoms with Crippen LogP contribution in [-0.4, -0.2) is 10.8 Å². The zero-order chi connectivity index (χ0) is 12.8. The van der Waals surface area contributed by atoms with Gasteiger partial charge in [0, 0.05) is 24.7 Å². The number of ketones is 1. The number of carbonyl (C=O) groups is 1. The van der Waals surface area contributed by atoms with Crippen LogP contribution in [0.1, 0.15) is 63.4 Å². The lowest BCUT2D eigenvalue weighted by Crippen LogP contribution is -2.18. The van der Waals surface area contributed by atoms with Crippen LogP contribution in [0.2, 0.25) is 0 Å². The summed E-state index contributed by atoms with van der Waals surface area (Å²) in [5.74, 6) is 1.15. The molecule has 1 aliphatic carbocycles. The lowest BCUT2D eigenvalue weighted by molar-refractivity contribution is -0.121. The van der Waals surface area contributed by atoms with Crippen molar-refractivity contribution in [1.82, 2.24) is 4.98 Å². The van der Waals surface area contributed by atoms with E-state index in [0.29, 0.717) is 11.7 Å². The summed E-state index contributed by atoms with van der Waals surface area (Å²) in [5, 5.41) is 0. The summed E-state index contributed by atoms with van der Waals surface area (Å²) in [6, 6.07) is 3.96. The molecule has 1 fully saturated rings. The molecular formula is C16H23NO. The summed E-state index contributed by atoms with van der Waals surface area (Å²) >= 11 is 0. The second kappa shape index (κ2) is 6.67. The molecule has 0 aromatic carbocycles. The molecule has 1 aromatic rings. The Bertz CT molecular complexity index is 368. The topological polar surface area (TPSA) is 30.0 Å². The first-order valence-corrected chi connectivity index (χ1v) is 7.24. The highest BCUT2D eigenvalue weighted by atomic mass is 16.1. The monoisotopic (exact) mass is 245 g/mol. The maximum atomic E-state index is 12.4. The molecule has 1 saturated carbocycles. The van der Waals surface area contributed by atoms with Gasteiger partial charge >= 0.3 is 0 Å². The molecule has 1 heterocycles. The summed E-state index contributed by atoms with van der Waals surface area (Å²) in [4.78, 5) is 16.4. The number of rotatable bonds is 5. The van der Waals surface area contributed by atoms with Crippen molar-refractivity contribution < 1.29 is 4.79 Å². The molecule has 1 aromatic heterocycles. The van der Waals surface area contributed by atoms with Crippen LogP contribution in [0.4, 0.5) is 0 Å². The van der Waals surface area contributed by atoms with Crippen molar-refractivity contribution >= 4 is 5.78 Å². The van der Waals surface area contributed by atoms with E-state index in [4.69, 9.17) is 0 Å². The summed E-state index contributed by atoms with van der Waals surface area (Å²) < 4.78 is 0. The first kappa shape index (κ1) is 13.3. The van der Waals surface area contributed by atoms with Crippen molar-refractivity contribution in [1.29, 1.82) is 0 Å². The van der Waals surface area contributed by atoms with Crippen molar-refractivity contribution in [3.05, 3.63) is 30.1 Å². The fourth-order valence-corrected chi connectivity index (χ4v) is 3.06. The normalized spacial score (nSPS) is 18.5. The first-order valence-electron chi connectivity index (χ1n) is 7.24. The smallest absolute Gasteiger partial charge is 0.140 e. The van der Waals surface area contributed by atoms with Gasteiger partial charge in [-0.25, -0.2) is 0 Å². The van der Waals surface area contributed by atoms with E-state index >= 15 is 0 Å². The van der Waals surface area contributed by atoms with Gasteiger partial charge in [-0.15, -0.1) is 0 Å². The molecule has 0 bridgehead atoms. The number of nitrogens with zero attached hydrogens (tertiary/aromatic N) is 1. The van der Waals surface area contributed by atoms with E-state index in [1.165, 1.54) is 32.1 Å². The number of carbonyl (C=O) groups excluding carboxylic acids is 1. The molecule has 2 rings (SSSR count). The van der Waals surface area contributed by atoms with Gasteiger partial charge in [0.25, 0.3) is 0 Å².